The summed E-state index contributed by atoms with van der Waals surface area (Å²) in [6, 6.07) is 1.72. The van der Waals surface area contributed by atoms with Crippen LogP contribution in [0.5, 0.6) is 0 Å². The molecule has 1 rings (SSSR count). The van der Waals surface area contributed by atoms with Gasteiger partial charge in [0.1, 0.15) is 4.88 Å². The molecule has 2 atom stereocenters. The van der Waals surface area contributed by atoms with Gasteiger partial charge in [0.25, 0.3) is 0 Å². The Morgan fingerprint density at radius 3 is 2.78 bits per heavy atom. The van der Waals surface area contributed by atoms with Crippen molar-refractivity contribution in [3.8, 4) is 0 Å². The zero-order valence-electron chi connectivity index (χ0n) is 10.9. The average Bonchev–Trinajstić information content (AvgIpc) is 2.66. The molecule has 0 aromatic carbocycles. The minimum atomic E-state index is -0.871. The Morgan fingerprint density at radius 2 is 2.28 bits per heavy atom. The van der Waals surface area contributed by atoms with Gasteiger partial charge in [-0.3, -0.25) is 4.21 Å². The number of nitrogens with one attached hydrogen (secondary N) is 1. The van der Waals surface area contributed by atoms with Crippen LogP contribution in [0.4, 0.5) is 0 Å². The Morgan fingerprint density at radius 1 is 1.61 bits per heavy atom. The fourth-order valence-corrected chi connectivity index (χ4v) is 2.83. The third kappa shape index (κ3) is 4.51. The molecule has 0 saturated carbocycles. The number of aryl methyl sites for hydroxylation is 1. The maximum atomic E-state index is 11.2. The fourth-order valence-electron chi connectivity index (χ4n) is 1.50. The summed E-state index contributed by atoms with van der Waals surface area (Å²) < 4.78 is 11.2. The zero-order chi connectivity index (χ0) is 13.7. The number of carboxylic acids is 1. The summed E-state index contributed by atoms with van der Waals surface area (Å²) >= 11 is 1.30. The highest BCUT2D eigenvalue weighted by atomic mass is 32.2. The van der Waals surface area contributed by atoms with Crippen molar-refractivity contribution in [1.82, 2.24) is 5.32 Å². The van der Waals surface area contributed by atoms with Gasteiger partial charge in [0.2, 0.25) is 0 Å². The first-order valence-corrected chi connectivity index (χ1v) is 8.21. The minimum Gasteiger partial charge on any atom is -0.477 e. The van der Waals surface area contributed by atoms with E-state index in [2.05, 4.69) is 5.32 Å². The molecule has 4 nitrogen and oxygen atoms in total. The largest absolute Gasteiger partial charge is 0.477 e. The molecule has 6 heteroatoms. The van der Waals surface area contributed by atoms with E-state index in [1.807, 2.05) is 13.8 Å². The summed E-state index contributed by atoms with van der Waals surface area (Å²) in [7, 11) is -0.780. The van der Waals surface area contributed by atoms with E-state index < -0.39 is 16.8 Å². The zero-order valence-corrected chi connectivity index (χ0v) is 12.5. The lowest BCUT2D eigenvalue weighted by Crippen LogP contribution is -2.21. The summed E-state index contributed by atoms with van der Waals surface area (Å²) in [5, 5.41) is 12.3. The molecule has 0 spiro atoms. The second-order valence-corrected chi connectivity index (χ2v) is 7.33. The van der Waals surface area contributed by atoms with Crippen molar-refractivity contribution in [3.63, 3.8) is 0 Å². The lowest BCUT2D eigenvalue weighted by molar-refractivity contribution is 0.0702. The van der Waals surface area contributed by atoms with Crippen LogP contribution in [-0.2, 0) is 17.3 Å². The highest BCUT2D eigenvalue weighted by Gasteiger charge is 2.11. The predicted octanol–water partition coefficient (Wildman–Crippen LogP) is 2.00. The van der Waals surface area contributed by atoms with E-state index in [0.717, 1.165) is 23.4 Å². The van der Waals surface area contributed by atoms with E-state index >= 15 is 0 Å². The third-order valence-electron chi connectivity index (χ3n) is 2.84. The van der Waals surface area contributed by atoms with Gasteiger partial charge in [-0.1, -0.05) is 6.92 Å². The van der Waals surface area contributed by atoms with Gasteiger partial charge in [-0.2, -0.15) is 0 Å². The van der Waals surface area contributed by atoms with Crippen molar-refractivity contribution in [1.29, 1.82) is 0 Å². The third-order valence-corrected chi connectivity index (χ3v) is 5.29. The summed E-state index contributed by atoms with van der Waals surface area (Å²) in [5.41, 5.74) is 1.03. The molecule has 0 radical (unpaired) electrons. The molecule has 0 aliphatic carbocycles. The summed E-state index contributed by atoms with van der Waals surface area (Å²) in [6.07, 6.45) is 2.57. The molecule has 2 N–H and O–H groups in total. The van der Waals surface area contributed by atoms with Gasteiger partial charge >= 0.3 is 5.97 Å². The maximum absolute atomic E-state index is 11.2. The van der Waals surface area contributed by atoms with Crippen LogP contribution >= 0.6 is 11.3 Å². The van der Waals surface area contributed by atoms with Gasteiger partial charge in [0.05, 0.1) is 0 Å². The molecule has 1 aromatic heterocycles. The van der Waals surface area contributed by atoms with E-state index in [1.54, 1.807) is 12.3 Å². The van der Waals surface area contributed by atoms with E-state index in [9.17, 15) is 9.00 Å². The van der Waals surface area contributed by atoms with Crippen molar-refractivity contribution in [2.24, 2.45) is 0 Å². The van der Waals surface area contributed by atoms with Gasteiger partial charge in [0, 0.05) is 33.7 Å². The first kappa shape index (κ1) is 15.3. The number of aromatic carboxylic acids is 1. The molecule has 18 heavy (non-hydrogen) atoms. The second kappa shape index (κ2) is 7.01. The van der Waals surface area contributed by atoms with Crippen molar-refractivity contribution >= 4 is 28.1 Å². The van der Waals surface area contributed by atoms with Crippen LogP contribution in [0.25, 0.3) is 0 Å². The van der Waals surface area contributed by atoms with Crippen LogP contribution in [0.15, 0.2) is 6.07 Å². The van der Waals surface area contributed by atoms with Gasteiger partial charge < -0.3 is 10.4 Å². The molecule has 1 aromatic rings. The quantitative estimate of drug-likeness (QED) is 0.754. The lowest BCUT2D eigenvalue weighted by Gasteiger charge is -2.08. The highest BCUT2D eigenvalue weighted by molar-refractivity contribution is 7.84. The predicted molar refractivity (Wildman–Crippen MR) is 75.9 cm³/mol. The minimum absolute atomic E-state index is 0.190. The molecular formula is C12H19NO3S2. The Labute approximate surface area is 114 Å². The summed E-state index contributed by atoms with van der Waals surface area (Å²) in [6.45, 7) is 5.35. The first-order chi connectivity index (χ1) is 8.41. The number of hydrogen-bond acceptors (Lipinski definition) is 4. The molecule has 1 heterocycles. The highest BCUT2D eigenvalue weighted by Crippen LogP contribution is 2.21. The molecule has 0 fully saturated rings. The van der Waals surface area contributed by atoms with Crippen molar-refractivity contribution < 1.29 is 14.1 Å². The Hall–Kier alpha value is -0.720. The summed E-state index contributed by atoms with van der Waals surface area (Å²) in [5.74, 6) is -0.871. The molecule has 0 amide bonds. The molecule has 102 valence electrons. The number of hydrogen-bond donors (Lipinski definition) is 2. The number of rotatable bonds is 7. The maximum Gasteiger partial charge on any atom is 0.345 e. The molecule has 0 aliphatic heterocycles. The average molecular weight is 289 g/mol. The molecule has 2 unspecified atom stereocenters. The lowest BCUT2D eigenvalue weighted by atomic mass is 10.2. The van der Waals surface area contributed by atoms with E-state index in [1.165, 1.54) is 11.3 Å². The number of carboxylic acid groups (broad SMARTS) is 1. The van der Waals surface area contributed by atoms with Crippen LogP contribution < -0.4 is 5.32 Å². The van der Waals surface area contributed by atoms with Crippen molar-refractivity contribution in [2.75, 3.05) is 12.8 Å². The second-order valence-electron chi connectivity index (χ2n) is 4.27. The summed E-state index contributed by atoms with van der Waals surface area (Å²) in [4.78, 5) is 12.2. The SMILES string of the molecule is Cc1sc(C(=O)O)cc1CNCCC(C)S(C)=O. The fraction of sp³-hybridized carbons (Fsp3) is 0.583. The van der Waals surface area contributed by atoms with Crippen molar-refractivity contribution in [3.05, 3.63) is 21.4 Å². The Balaban J connectivity index is 2.40. The standard InChI is InChI=1S/C12H19NO3S2/c1-8(18(3)16)4-5-13-7-10-6-11(12(14)15)17-9(10)2/h6,8,13H,4-5,7H2,1-3H3,(H,14,15). The van der Waals surface area contributed by atoms with Gasteiger partial charge in [-0.05, 0) is 31.5 Å². The van der Waals surface area contributed by atoms with Gasteiger partial charge in [-0.15, -0.1) is 11.3 Å². The smallest absolute Gasteiger partial charge is 0.345 e. The van der Waals surface area contributed by atoms with Crippen LogP contribution in [0.2, 0.25) is 0 Å². The van der Waals surface area contributed by atoms with Crippen LogP contribution in [0.1, 0.15) is 33.5 Å². The van der Waals surface area contributed by atoms with Crippen LogP contribution in [0, 0.1) is 6.92 Å². The monoisotopic (exact) mass is 289 g/mol. The normalized spacial score (nSPS) is 14.4. The van der Waals surface area contributed by atoms with E-state index in [4.69, 9.17) is 5.11 Å². The molecule has 0 bridgehead atoms. The van der Waals surface area contributed by atoms with Gasteiger partial charge in [0.15, 0.2) is 0 Å². The molecule has 0 saturated heterocycles. The Kier molecular flexibility index (Phi) is 5.98. The molecular weight excluding hydrogens is 270 g/mol. The van der Waals surface area contributed by atoms with Crippen LogP contribution in [0.3, 0.4) is 0 Å². The Bertz CT molecular complexity index is 443. The topological polar surface area (TPSA) is 66.4 Å². The number of carbonyl (C=O) groups is 1. The first-order valence-electron chi connectivity index (χ1n) is 5.77. The number of thiophene rings is 1. The van der Waals surface area contributed by atoms with Crippen molar-refractivity contribution in [2.45, 2.75) is 32.1 Å². The van der Waals surface area contributed by atoms with E-state index in [0.29, 0.717) is 11.4 Å². The van der Waals surface area contributed by atoms with Crippen LogP contribution in [-0.4, -0.2) is 33.3 Å². The molecule has 0 aliphatic rings. The van der Waals surface area contributed by atoms with E-state index in [-0.39, 0.29) is 5.25 Å². The van der Waals surface area contributed by atoms with Gasteiger partial charge in [-0.25, -0.2) is 4.79 Å².